The summed E-state index contributed by atoms with van der Waals surface area (Å²) in [6.07, 6.45) is 3.87. The molecule has 0 rings (SSSR count). The van der Waals surface area contributed by atoms with Gasteiger partial charge in [-0.3, -0.25) is 4.79 Å². The number of hydrogen-bond acceptors (Lipinski definition) is 1. The summed E-state index contributed by atoms with van der Waals surface area (Å²) in [7, 11) is 0. The molecule has 0 aromatic carbocycles. The van der Waals surface area contributed by atoms with E-state index in [1.165, 1.54) is 0 Å². The summed E-state index contributed by atoms with van der Waals surface area (Å²) in [5.41, 5.74) is 0. The molecule has 1 amide bonds. The number of rotatable bonds is 7. The molecule has 0 saturated carbocycles. The fraction of sp³-hybridized carbons (Fsp3) is 0.900. The zero-order chi connectivity index (χ0) is 10.1. The molecule has 0 N–H and O–H groups in total. The van der Waals surface area contributed by atoms with Crippen LogP contribution < -0.4 is 0 Å². The summed E-state index contributed by atoms with van der Waals surface area (Å²) in [5, 5.41) is 0.880. The highest BCUT2D eigenvalue weighted by Crippen LogP contribution is 2.02. The Balaban J connectivity index is 3.80. The molecular weight excluding hydrogens is 230 g/mol. The van der Waals surface area contributed by atoms with E-state index >= 15 is 0 Å². The number of nitrogens with zero attached hydrogens (tertiary/aromatic N) is 1. The summed E-state index contributed by atoms with van der Waals surface area (Å²) in [5.74, 6) is 0.308. The van der Waals surface area contributed by atoms with Crippen LogP contribution in [0.4, 0.5) is 0 Å². The van der Waals surface area contributed by atoms with Crippen LogP contribution in [0.25, 0.3) is 0 Å². The van der Waals surface area contributed by atoms with E-state index in [1.807, 2.05) is 4.90 Å². The molecule has 0 heterocycles. The first-order valence-corrected chi connectivity index (χ1v) is 6.22. The van der Waals surface area contributed by atoms with Crippen LogP contribution >= 0.6 is 15.9 Å². The zero-order valence-corrected chi connectivity index (χ0v) is 10.3. The molecule has 0 radical (unpaired) electrons. The first kappa shape index (κ1) is 12.9. The highest BCUT2D eigenvalue weighted by atomic mass is 79.9. The molecule has 0 saturated heterocycles. The fourth-order valence-electron chi connectivity index (χ4n) is 1.22. The third-order valence-corrected chi connectivity index (χ3v) is 2.30. The summed E-state index contributed by atoms with van der Waals surface area (Å²) >= 11 is 3.36. The second-order valence-corrected chi connectivity index (χ2v) is 3.97. The number of unbranched alkanes of at least 4 members (excludes halogenated alkanes) is 1. The van der Waals surface area contributed by atoms with Gasteiger partial charge in [-0.05, 0) is 12.8 Å². The van der Waals surface area contributed by atoms with Gasteiger partial charge in [0.25, 0.3) is 0 Å². The quantitative estimate of drug-likeness (QED) is 0.636. The van der Waals surface area contributed by atoms with E-state index in [-0.39, 0.29) is 0 Å². The highest BCUT2D eigenvalue weighted by molar-refractivity contribution is 9.09. The van der Waals surface area contributed by atoms with Crippen LogP contribution in [0.5, 0.6) is 0 Å². The van der Waals surface area contributed by atoms with Gasteiger partial charge in [0, 0.05) is 24.8 Å². The number of carbonyl (C=O) groups excluding carboxylic acids is 1. The van der Waals surface area contributed by atoms with E-state index in [0.717, 1.165) is 37.7 Å². The van der Waals surface area contributed by atoms with Crippen LogP contribution in [0.1, 0.15) is 39.5 Å². The SMILES string of the molecule is CCCCC(=O)N(CCC)CCBr. The van der Waals surface area contributed by atoms with Crippen LogP contribution in [0, 0.1) is 0 Å². The molecular formula is C10H20BrNO. The van der Waals surface area contributed by atoms with Crippen molar-refractivity contribution in [3.05, 3.63) is 0 Å². The van der Waals surface area contributed by atoms with Gasteiger partial charge >= 0.3 is 0 Å². The summed E-state index contributed by atoms with van der Waals surface area (Å²) in [4.78, 5) is 13.5. The number of carbonyl (C=O) groups is 1. The smallest absolute Gasteiger partial charge is 0.222 e. The van der Waals surface area contributed by atoms with Gasteiger partial charge in [-0.2, -0.15) is 0 Å². The number of hydrogen-bond donors (Lipinski definition) is 0. The maximum Gasteiger partial charge on any atom is 0.222 e. The second-order valence-electron chi connectivity index (χ2n) is 3.17. The van der Waals surface area contributed by atoms with Gasteiger partial charge in [-0.1, -0.05) is 36.2 Å². The van der Waals surface area contributed by atoms with Gasteiger partial charge in [0.05, 0.1) is 0 Å². The molecule has 0 unspecified atom stereocenters. The molecule has 0 spiro atoms. The van der Waals surface area contributed by atoms with Crippen molar-refractivity contribution in [2.45, 2.75) is 39.5 Å². The average molecular weight is 250 g/mol. The normalized spacial score (nSPS) is 10.1. The number of amides is 1. The van der Waals surface area contributed by atoms with E-state index in [2.05, 4.69) is 29.8 Å². The van der Waals surface area contributed by atoms with Crippen molar-refractivity contribution in [1.29, 1.82) is 0 Å². The Kier molecular flexibility index (Phi) is 8.51. The van der Waals surface area contributed by atoms with E-state index in [0.29, 0.717) is 12.3 Å². The van der Waals surface area contributed by atoms with Crippen LogP contribution in [-0.4, -0.2) is 29.2 Å². The molecule has 0 bridgehead atoms. The first-order valence-electron chi connectivity index (χ1n) is 5.10. The number of alkyl halides is 1. The van der Waals surface area contributed by atoms with Gasteiger partial charge in [-0.25, -0.2) is 0 Å². The molecule has 78 valence electrons. The zero-order valence-electron chi connectivity index (χ0n) is 8.68. The molecule has 0 fully saturated rings. The molecule has 2 nitrogen and oxygen atoms in total. The van der Waals surface area contributed by atoms with Crippen molar-refractivity contribution in [1.82, 2.24) is 4.90 Å². The number of halogens is 1. The lowest BCUT2D eigenvalue weighted by Crippen LogP contribution is -2.33. The van der Waals surface area contributed by atoms with E-state index < -0.39 is 0 Å². The Bertz CT molecular complexity index is 133. The monoisotopic (exact) mass is 249 g/mol. The minimum atomic E-state index is 0.308. The Labute approximate surface area is 89.8 Å². The second kappa shape index (κ2) is 8.54. The van der Waals surface area contributed by atoms with Crippen LogP contribution in [0.15, 0.2) is 0 Å². The molecule has 0 aliphatic carbocycles. The van der Waals surface area contributed by atoms with Gasteiger partial charge in [0.2, 0.25) is 5.91 Å². The first-order chi connectivity index (χ1) is 6.26. The maximum atomic E-state index is 11.6. The summed E-state index contributed by atoms with van der Waals surface area (Å²) in [6.45, 7) is 5.96. The minimum Gasteiger partial charge on any atom is -0.342 e. The molecule has 0 aliphatic heterocycles. The van der Waals surface area contributed by atoms with E-state index in [1.54, 1.807) is 0 Å². The third kappa shape index (κ3) is 6.08. The van der Waals surface area contributed by atoms with Crippen molar-refractivity contribution >= 4 is 21.8 Å². The van der Waals surface area contributed by atoms with Crippen molar-refractivity contribution in [2.24, 2.45) is 0 Å². The highest BCUT2D eigenvalue weighted by Gasteiger charge is 2.10. The predicted molar refractivity (Wildman–Crippen MR) is 60.2 cm³/mol. The topological polar surface area (TPSA) is 20.3 Å². The minimum absolute atomic E-state index is 0.308. The molecule has 0 atom stereocenters. The van der Waals surface area contributed by atoms with Gasteiger partial charge < -0.3 is 4.90 Å². The van der Waals surface area contributed by atoms with E-state index in [9.17, 15) is 4.79 Å². The summed E-state index contributed by atoms with van der Waals surface area (Å²) in [6, 6.07) is 0. The van der Waals surface area contributed by atoms with Crippen molar-refractivity contribution in [3.8, 4) is 0 Å². The fourth-order valence-corrected chi connectivity index (χ4v) is 1.65. The lowest BCUT2D eigenvalue weighted by Gasteiger charge is -2.20. The Morgan fingerprint density at radius 2 is 1.92 bits per heavy atom. The average Bonchev–Trinajstić information content (AvgIpc) is 2.14. The Morgan fingerprint density at radius 1 is 1.23 bits per heavy atom. The molecule has 0 aliphatic rings. The van der Waals surface area contributed by atoms with Crippen molar-refractivity contribution < 1.29 is 4.79 Å². The van der Waals surface area contributed by atoms with E-state index in [4.69, 9.17) is 0 Å². The summed E-state index contributed by atoms with van der Waals surface area (Å²) < 4.78 is 0. The molecule has 0 aromatic heterocycles. The Hall–Kier alpha value is -0.0500. The van der Waals surface area contributed by atoms with Gasteiger partial charge in [0.1, 0.15) is 0 Å². The standard InChI is InChI=1S/C10H20BrNO/c1-3-5-6-10(13)12(8-4-2)9-7-11/h3-9H2,1-2H3. The molecule has 3 heteroatoms. The molecule has 13 heavy (non-hydrogen) atoms. The van der Waals surface area contributed by atoms with Crippen molar-refractivity contribution in [2.75, 3.05) is 18.4 Å². The van der Waals surface area contributed by atoms with Crippen molar-refractivity contribution in [3.63, 3.8) is 0 Å². The third-order valence-electron chi connectivity index (χ3n) is 1.94. The van der Waals surface area contributed by atoms with Crippen LogP contribution in [-0.2, 0) is 4.79 Å². The maximum absolute atomic E-state index is 11.6. The van der Waals surface area contributed by atoms with Crippen LogP contribution in [0.3, 0.4) is 0 Å². The van der Waals surface area contributed by atoms with Crippen LogP contribution in [0.2, 0.25) is 0 Å². The lowest BCUT2D eigenvalue weighted by atomic mass is 10.2. The van der Waals surface area contributed by atoms with Gasteiger partial charge in [-0.15, -0.1) is 0 Å². The van der Waals surface area contributed by atoms with Gasteiger partial charge in [0.15, 0.2) is 0 Å². The largest absolute Gasteiger partial charge is 0.342 e. The lowest BCUT2D eigenvalue weighted by molar-refractivity contribution is -0.131. The molecule has 0 aromatic rings. The Morgan fingerprint density at radius 3 is 2.38 bits per heavy atom. The predicted octanol–water partition coefficient (Wildman–Crippen LogP) is 2.81.